The molecule has 4 heteroatoms. The van der Waals surface area contributed by atoms with Gasteiger partial charge in [-0.1, -0.05) is 0 Å². The molecule has 0 spiro atoms. The van der Waals surface area contributed by atoms with Crippen LogP contribution in [0.4, 0.5) is 5.69 Å². The van der Waals surface area contributed by atoms with Crippen LogP contribution in [-0.2, 0) is 0 Å². The van der Waals surface area contributed by atoms with E-state index in [2.05, 4.69) is 10.3 Å². The molecule has 1 heterocycles. The monoisotopic (exact) mass is 181 g/mol. The van der Waals surface area contributed by atoms with Crippen LogP contribution in [-0.4, -0.2) is 16.4 Å². The second-order valence-electron chi connectivity index (χ2n) is 4.05. The molecule has 0 aliphatic heterocycles. The molecule has 0 saturated carbocycles. The van der Waals surface area contributed by atoms with Gasteiger partial charge in [-0.2, -0.15) is 0 Å². The van der Waals surface area contributed by atoms with Gasteiger partial charge in [0.05, 0.1) is 0 Å². The van der Waals surface area contributed by atoms with E-state index in [-0.39, 0.29) is 11.4 Å². The Labute approximate surface area is 77.5 Å². The fraction of sp³-hybridized carbons (Fsp3) is 0.444. The van der Waals surface area contributed by atoms with Crippen molar-refractivity contribution < 1.29 is 4.79 Å². The zero-order chi connectivity index (χ0) is 10.1. The van der Waals surface area contributed by atoms with Crippen LogP contribution < -0.4 is 11.1 Å². The molecule has 72 valence electrons. The molecule has 1 aromatic heterocycles. The number of amides is 1. The van der Waals surface area contributed by atoms with Crippen LogP contribution in [0.15, 0.2) is 12.3 Å². The molecule has 0 fully saturated rings. The molecule has 0 saturated heterocycles. The highest BCUT2D eigenvalue weighted by Gasteiger charge is 2.15. The van der Waals surface area contributed by atoms with Crippen LogP contribution >= 0.6 is 0 Å². The van der Waals surface area contributed by atoms with Gasteiger partial charge in [0.2, 0.25) is 0 Å². The second-order valence-corrected chi connectivity index (χ2v) is 4.05. The van der Waals surface area contributed by atoms with E-state index in [0.717, 1.165) is 0 Å². The minimum Gasteiger partial charge on any atom is -0.397 e. The normalized spacial score (nSPS) is 11.3. The first kappa shape index (κ1) is 9.64. The summed E-state index contributed by atoms with van der Waals surface area (Å²) >= 11 is 0. The Kier molecular flexibility index (Phi) is 2.32. The molecular weight excluding hydrogens is 166 g/mol. The fourth-order valence-electron chi connectivity index (χ4n) is 0.950. The molecule has 1 amide bonds. The zero-order valence-electron chi connectivity index (χ0n) is 8.14. The van der Waals surface area contributed by atoms with Gasteiger partial charge in [0.1, 0.15) is 5.69 Å². The molecule has 0 aliphatic rings. The number of hydrogen-bond acceptors (Lipinski definition) is 2. The predicted octanol–water partition coefficient (Wildman–Crippen LogP) is 1.13. The zero-order valence-corrected chi connectivity index (χ0v) is 8.14. The van der Waals surface area contributed by atoms with Gasteiger partial charge in [-0.05, 0) is 26.8 Å². The van der Waals surface area contributed by atoms with Crippen LogP contribution in [0, 0.1) is 0 Å². The Hall–Kier alpha value is -1.45. The van der Waals surface area contributed by atoms with Gasteiger partial charge < -0.3 is 16.0 Å². The first-order chi connectivity index (χ1) is 5.88. The average Bonchev–Trinajstić information content (AvgIpc) is 2.31. The van der Waals surface area contributed by atoms with E-state index in [1.54, 1.807) is 12.3 Å². The second kappa shape index (κ2) is 3.12. The number of nitrogens with one attached hydrogen (secondary N) is 2. The molecule has 1 aromatic rings. The van der Waals surface area contributed by atoms with Crippen molar-refractivity contribution >= 4 is 11.6 Å². The Morgan fingerprint density at radius 1 is 1.54 bits per heavy atom. The lowest BCUT2D eigenvalue weighted by molar-refractivity contribution is 0.0915. The van der Waals surface area contributed by atoms with Crippen molar-refractivity contribution in [2.75, 3.05) is 5.73 Å². The number of nitrogens with two attached hydrogens (primary N) is 1. The SMILES string of the molecule is CC(C)(C)NC(=O)c1cc(N)c[nH]1. The first-order valence-corrected chi connectivity index (χ1v) is 4.15. The average molecular weight is 181 g/mol. The summed E-state index contributed by atoms with van der Waals surface area (Å²) in [6.45, 7) is 5.78. The number of carbonyl (C=O) groups excluding carboxylic acids is 1. The van der Waals surface area contributed by atoms with Crippen LogP contribution in [0.2, 0.25) is 0 Å². The van der Waals surface area contributed by atoms with E-state index in [1.165, 1.54) is 0 Å². The van der Waals surface area contributed by atoms with E-state index in [1.807, 2.05) is 20.8 Å². The van der Waals surface area contributed by atoms with Crippen molar-refractivity contribution in [3.05, 3.63) is 18.0 Å². The smallest absolute Gasteiger partial charge is 0.268 e. The molecule has 0 atom stereocenters. The number of nitrogen functional groups attached to an aromatic ring is 1. The number of carbonyl (C=O) groups is 1. The maximum Gasteiger partial charge on any atom is 0.268 e. The van der Waals surface area contributed by atoms with Crippen LogP contribution in [0.3, 0.4) is 0 Å². The summed E-state index contributed by atoms with van der Waals surface area (Å²) in [5.74, 6) is -0.135. The van der Waals surface area contributed by atoms with Crippen molar-refractivity contribution in [1.29, 1.82) is 0 Å². The lowest BCUT2D eigenvalue weighted by Gasteiger charge is -2.19. The quantitative estimate of drug-likeness (QED) is 0.607. The van der Waals surface area contributed by atoms with Crippen LogP contribution in [0.25, 0.3) is 0 Å². The van der Waals surface area contributed by atoms with Gasteiger partial charge in [0.25, 0.3) is 5.91 Å². The van der Waals surface area contributed by atoms with Crippen molar-refractivity contribution in [3.63, 3.8) is 0 Å². The van der Waals surface area contributed by atoms with E-state index < -0.39 is 0 Å². The molecule has 13 heavy (non-hydrogen) atoms. The lowest BCUT2D eigenvalue weighted by atomic mass is 10.1. The van der Waals surface area contributed by atoms with Crippen molar-refractivity contribution in [2.45, 2.75) is 26.3 Å². The van der Waals surface area contributed by atoms with E-state index >= 15 is 0 Å². The Morgan fingerprint density at radius 2 is 2.15 bits per heavy atom. The summed E-state index contributed by atoms with van der Waals surface area (Å²) in [5.41, 5.74) is 6.31. The van der Waals surface area contributed by atoms with Gasteiger partial charge in [0.15, 0.2) is 0 Å². The van der Waals surface area contributed by atoms with Crippen molar-refractivity contribution in [2.24, 2.45) is 0 Å². The number of hydrogen-bond donors (Lipinski definition) is 3. The Morgan fingerprint density at radius 3 is 2.54 bits per heavy atom. The van der Waals surface area contributed by atoms with E-state index in [0.29, 0.717) is 11.4 Å². The Balaban J connectivity index is 2.70. The summed E-state index contributed by atoms with van der Waals surface area (Å²) in [6, 6.07) is 1.61. The highest BCUT2D eigenvalue weighted by molar-refractivity contribution is 5.93. The Bertz CT molecular complexity index is 309. The number of anilines is 1. The van der Waals surface area contributed by atoms with Gasteiger partial charge in [-0.15, -0.1) is 0 Å². The van der Waals surface area contributed by atoms with Gasteiger partial charge in [-0.25, -0.2) is 0 Å². The fourth-order valence-corrected chi connectivity index (χ4v) is 0.950. The molecule has 0 unspecified atom stereocenters. The third kappa shape index (κ3) is 2.82. The first-order valence-electron chi connectivity index (χ1n) is 4.15. The highest BCUT2D eigenvalue weighted by atomic mass is 16.2. The molecule has 0 aliphatic carbocycles. The molecular formula is C9H15N3O. The number of aromatic amines is 1. The number of aromatic nitrogens is 1. The summed E-state index contributed by atoms with van der Waals surface area (Å²) < 4.78 is 0. The van der Waals surface area contributed by atoms with Crippen LogP contribution in [0.5, 0.6) is 0 Å². The minimum atomic E-state index is -0.225. The van der Waals surface area contributed by atoms with E-state index in [4.69, 9.17) is 5.73 Å². The summed E-state index contributed by atoms with van der Waals surface area (Å²) in [5, 5.41) is 2.82. The lowest BCUT2D eigenvalue weighted by Crippen LogP contribution is -2.40. The van der Waals surface area contributed by atoms with Crippen molar-refractivity contribution in [3.8, 4) is 0 Å². The third-order valence-corrected chi connectivity index (χ3v) is 1.44. The largest absolute Gasteiger partial charge is 0.397 e. The van der Waals surface area contributed by atoms with E-state index in [9.17, 15) is 4.79 Å². The third-order valence-electron chi connectivity index (χ3n) is 1.44. The molecule has 0 aromatic carbocycles. The molecule has 0 radical (unpaired) electrons. The molecule has 0 bridgehead atoms. The van der Waals surface area contributed by atoms with Gasteiger partial charge in [0, 0.05) is 17.4 Å². The maximum atomic E-state index is 11.5. The summed E-state index contributed by atoms with van der Waals surface area (Å²) in [4.78, 5) is 14.3. The van der Waals surface area contributed by atoms with Crippen LogP contribution in [0.1, 0.15) is 31.3 Å². The number of rotatable bonds is 1. The predicted molar refractivity (Wildman–Crippen MR) is 52.4 cm³/mol. The van der Waals surface area contributed by atoms with Gasteiger partial charge in [-0.3, -0.25) is 4.79 Å². The number of H-pyrrole nitrogens is 1. The molecule has 4 N–H and O–H groups in total. The summed E-state index contributed by atoms with van der Waals surface area (Å²) in [7, 11) is 0. The summed E-state index contributed by atoms with van der Waals surface area (Å²) in [6.07, 6.45) is 1.59. The molecule has 1 rings (SSSR count). The maximum absolute atomic E-state index is 11.5. The standard InChI is InChI=1S/C9H15N3O/c1-9(2,3)12-8(13)7-4-6(10)5-11-7/h4-5,11H,10H2,1-3H3,(H,12,13). The van der Waals surface area contributed by atoms with Crippen molar-refractivity contribution in [1.82, 2.24) is 10.3 Å². The highest BCUT2D eigenvalue weighted by Crippen LogP contribution is 2.06. The molecule has 4 nitrogen and oxygen atoms in total. The topological polar surface area (TPSA) is 70.9 Å². The minimum absolute atomic E-state index is 0.135. The van der Waals surface area contributed by atoms with Gasteiger partial charge >= 0.3 is 0 Å².